The Kier molecular flexibility index (Phi) is 5.01. The Bertz CT molecular complexity index is 708. The highest BCUT2D eigenvalue weighted by molar-refractivity contribution is 7.89. The van der Waals surface area contributed by atoms with Crippen LogP contribution < -0.4 is 4.72 Å². The summed E-state index contributed by atoms with van der Waals surface area (Å²) >= 11 is 0. The first-order valence-corrected chi connectivity index (χ1v) is 8.85. The number of benzene rings is 2. The molecule has 0 heterocycles. The monoisotopic (exact) mass is 305 g/mol. The molecule has 0 aliphatic carbocycles. The van der Waals surface area contributed by atoms with Crippen LogP contribution in [0.4, 0.5) is 0 Å². The van der Waals surface area contributed by atoms with Crippen molar-refractivity contribution in [3.05, 3.63) is 42.5 Å². The third-order valence-electron chi connectivity index (χ3n) is 3.53. The molecule has 0 saturated carbocycles. The summed E-state index contributed by atoms with van der Waals surface area (Å²) in [6.07, 6.45) is 1.01. The van der Waals surface area contributed by atoms with Crippen LogP contribution in [0.5, 0.6) is 0 Å². The molecule has 0 fully saturated rings. The molecule has 1 unspecified atom stereocenters. The quantitative estimate of drug-likeness (QED) is 0.882. The van der Waals surface area contributed by atoms with E-state index in [2.05, 4.69) is 25.5 Å². The Balaban J connectivity index is 2.14. The SMILES string of the molecule is CC(C)CC(C)CNS(=O)(=O)c1ccc2ccccc2c1. The topological polar surface area (TPSA) is 46.2 Å². The minimum atomic E-state index is -3.43. The summed E-state index contributed by atoms with van der Waals surface area (Å²) in [6, 6.07) is 13.0. The molecule has 0 aliphatic rings. The van der Waals surface area contributed by atoms with Gasteiger partial charge in [-0.2, -0.15) is 0 Å². The van der Waals surface area contributed by atoms with Gasteiger partial charge < -0.3 is 0 Å². The molecule has 0 amide bonds. The van der Waals surface area contributed by atoms with Gasteiger partial charge in [0.25, 0.3) is 0 Å². The second kappa shape index (κ2) is 6.58. The number of sulfonamides is 1. The Labute approximate surface area is 127 Å². The molecule has 0 bridgehead atoms. The predicted octanol–water partition coefficient (Wildman–Crippen LogP) is 3.80. The standard InChI is InChI=1S/C17H23NO2S/c1-13(2)10-14(3)12-18-21(19,20)17-9-8-15-6-4-5-7-16(15)11-17/h4-9,11,13-14,18H,10,12H2,1-3H3. The molecule has 0 radical (unpaired) electrons. The van der Waals surface area contributed by atoms with E-state index in [9.17, 15) is 8.42 Å². The molecule has 4 heteroatoms. The van der Waals surface area contributed by atoms with E-state index in [1.807, 2.05) is 30.3 Å². The highest BCUT2D eigenvalue weighted by atomic mass is 32.2. The van der Waals surface area contributed by atoms with E-state index in [1.165, 1.54) is 0 Å². The maximum Gasteiger partial charge on any atom is 0.240 e. The molecule has 1 atom stereocenters. The van der Waals surface area contributed by atoms with Crippen LogP contribution in [-0.2, 0) is 10.0 Å². The molecule has 0 saturated heterocycles. The van der Waals surface area contributed by atoms with Crippen LogP contribution >= 0.6 is 0 Å². The average Bonchev–Trinajstić information content (AvgIpc) is 2.44. The fraction of sp³-hybridized carbons (Fsp3) is 0.412. The largest absolute Gasteiger partial charge is 0.240 e. The van der Waals surface area contributed by atoms with Gasteiger partial charge in [0, 0.05) is 6.54 Å². The van der Waals surface area contributed by atoms with Gasteiger partial charge in [0.1, 0.15) is 0 Å². The van der Waals surface area contributed by atoms with Crippen molar-refractivity contribution in [3.63, 3.8) is 0 Å². The lowest BCUT2D eigenvalue weighted by atomic mass is 9.99. The van der Waals surface area contributed by atoms with Crippen LogP contribution in [0.2, 0.25) is 0 Å². The van der Waals surface area contributed by atoms with Crippen molar-refractivity contribution in [2.24, 2.45) is 11.8 Å². The summed E-state index contributed by atoms with van der Waals surface area (Å²) in [5.41, 5.74) is 0. The van der Waals surface area contributed by atoms with Crippen molar-refractivity contribution in [2.75, 3.05) is 6.54 Å². The second-order valence-corrected chi connectivity index (χ2v) is 7.86. The Morgan fingerprint density at radius 1 is 1.00 bits per heavy atom. The van der Waals surface area contributed by atoms with E-state index in [4.69, 9.17) is 0 Å². The molecular formula is C17H23NO2S. The zero-order chi connectivity index (χ0) is 15.5. The zero-order valence-corrected chi connectivity index (χ0v) is 13.7. The van der Waals surface area contributed by atoms with Crippen molar-refractivity contribution in [1.82, 2.24) is 4.72 Å². The summed E-state index contributed by atoms with van der Waals surface area (Å²) in [7, 11) is -3.43. The minimum absolute atomic E-state index is 0.331. The first-order chi connectivity index (χ1) is 9.88. The highest BCUT2D eigenvalue weighted by Crippen LogP contribution is 2.19. The normalized spacial score (nSPS) is 13.7. The molecule has 3 nitrogen and oxygen atoms in total. The molecule has 0 aromatic heterocycles. The van der Waals surface area contributed by atoms with E-state index < -0.39 is 10.0 Å². The first kappa shape index (κ1) is 16.0. The number of hydrogen-bond acceptors (Lipinski definition) is 2. The van der Waals surface area contributed by atoms with E-state index in [-0.39, 0.29) is 0 Å². The van der Waals surface area contributed by atoms with Gasteiger partial charge in [-0.05, 0) is 41.2 Å². The van der Waals surface area contributed by atoms with E-state index in [0.29, 0.717) is 23.3 Å². The summed E-state index contributed by atoms with van der Waals surface area (Å²) < 4.78 is 27.4. The lowest BCUT2D eigenvalue weighted by Gasteiger charge is -2.15. The number of nitrogens with one attached hydrogen (secondary N) is 1. The molecule has 2 rings (SSSR count). The van der Waals surface area contributed by atoms with Gasteiger partial charge in [-0.3, -0.25) is 0 Å². The molecular weight excluding hydrogens is 282 g/mol. The average molecular weight is 305 g/mol. The molecule has 0 aliphatic heterocycles. The van der Waals surface area contributed by atoms with Gasteiger partial charge in [0.05, 0.1) is 4.90 Å². The van der Waals surface area contributed by atoms with Crippen molar-refractivity contribution >= 4 is 20.8 Å². The maximum absolute atomic E-state index is 12.4. The third kappa shape index (κ3) is 4.29. The third-order valence-corrected chi connectivity index (χ3v) is 4.95. The molecule has 114 valence electrons. The van der Waals surface area contributed by atoms with Crippen LogP contribution in [0.3, 0.4) is 0 Å². The highest BCUT2D eigenvalue weighted by Gasteiger charge is 2.16. The van der Waals surface area contributed by atoms with E-state index in [0.717, 1.165) is 17.2 Å². The van der Waals surface area contributed by atoms with Gasteiger partial charge in [0.15, 0.2) is 0 Å². The van der Waals surface area contributed by atoms with E-state index in [1.54, 1.807) is 12.1 Å². The molecule has 2 aromatic rings. The van der Waals surface area contributed by atoms with Crippen LogP contribution in [0.15, 0.2) is 47.4 Å². The zero-order valence-electron chi connectivity index (χ0n) is 12.8. The summed E-state index contributed by atoms with van der Waals surface area (Å²) in [5.74, 6) is 0.908. The Morgan fingerprint density at radius 3 is 2.33 bits per heavy atom. The van der Waals surface area contributed by atoms with E-state index >= 15 is 0 Å². The van der Waals surface area contributed by atoms with Gasteiger partial charge in [0.2, 0.25) is 10.0 Å². The summed E-state index contributed by atoms with van der Waals surface area (Å²) in [4.78, 5) is 0.331. The van der Waals surface area contributed by atoms with Crippen molar-refractivity contribution in [1.29, 1.82) is 0 Å². The molecule has 21 heavy (non-hydrogen) atoms. The van der Waals surface area contributed by atoms with Crippen molar-refractivity contribution in [3.8, 4) is 0 Å². The van der Waals surface area contributed by atoms with Gasteiger partial charge in [-0.1, -0.05) is 51.1 Å². The second-order valence-electron chi connectivity index (χ2n) is 6.10. The van der Waals surface area contributed by atoms with Crippen LogP contribution in [0.25, 0.3) is 10.8 Å². The van der Waals surface area contributed by atoms with Crippen molar-refractivity contribution < 1.29 is 8.42 Å². The van der Waals surface area contributed by atoms with Gasteiger partial charge in [-0.25, -0.2) is 13.1 Å². The minimum Gasteiger partial charge on any atom is -0.211 e. The van der Waals surface area contributed by atoms with Crippen LogP contribution in [0.1, 0.15) is 27.2 Å². The lowest BCUT2D eigenvalue weighted by Crippen LogP contribution is -2.29. The lowest BCUT2D eigenvalue weighted by molar-refractivity contribution is 0.433. The predicted molar refractivity (Wildman–Crippen MR) is 87.8 cm³/mol. The fourth-order valence-corrected chi connectivity index (χ4v) is 3.76. The maximum atomic E-state index is 12.4. The molecule has 1 N–H and O–H groups in total. The summed E-state index contributed by atoms with van der Waals surface area (Å²) in [6.45, 7) is 6.85. The van der Waals surface area contributed by atoms with Crippen LogP contribution in [0, 0.1) is 11.8 Å². The van der Waals surface area contributed by atoms with Gasteiger partial charge >= 0.3 is 0 Å². The van der Waals surface area contributed by atoms with Gasteiger partial charge in [-0.15, -0.1) is 0 Å². The first-order valence-electron chi connectivity index (χ1n) is 7.37. The number of fused-ring (bicyclic) bond motifs is 1. The fourth-order valence-electron chi connectivity index (χ4n) is 2.56. The smallest absolute Gasteiger partial charge is 0.211 e. The Hall–Kier alpha value is -1.39. The van der Waals surface area contributed by atoms with Crippen molar-refractivity contribution in [2.45, 2.75) is 32.1 Å². The summed E-state index contributed by atoms with van der Waals surface area (Å²) in [5, 5.41) is 1.99. The molecule has 2 aromatic carbocycles. The van der Waals surface area contributed by atoms with Crippen LogP contribution in [-0.4, -0.2) is 15.0 Å². The number of hydrogen-bond donors (Lipinski definition) is 1. The number of rotatable bonds is 6. The Morgan fingerprint density at radius 2 is 1.67 bits per heavy atom. The molecule has 0 spiro atoms.